The minimum Gasteiger partial charge on any atom is -0.323 e. The van der Waals surface area contributed by atoms with Gasteiger partial charge in [0.1, 0.15) is 0 Å². The summed E-state index contributed by atoms with van der Waals surface area (Å²) in [6.45, 7) is 1.64. The van der Waals surface area contributed by atoms with Gasteiger partial charge >= 0.3 is 6.18 Å². The Morgan fingerprint density at radius 2 is 1.59 bits per heavy atom. The molecular weight excluding hydrogens is 373 g/mol. The smallest absolute Gasteiger partial charge is 0.323 e. The number of rotatable bonds is 5. The number of benzene rings is 3. The standard InChI is InChI=1S/C24H23F3N2/c25-24(26,27)21-8-4-7-20(15-21)23(28)22-13-14-29(22)16-17-9-11-19(12-10-17)18-5-2-1-3-6-18/h1-12,15,22-23H,13-14,16,28H2/t22-,23+/m0/s1. The first-order valence-electron chi connectivity index (χ1n) is 9.73. The predicted molar refractivity (Wildman–Crippen MR) is 109 cm³/mol. The van der Waals surface area contributed by atoms with E-state index in [2.05, 4.69) is 41.3 Å². The van der Waals surface area contributed by atoms with E-state index in [0.717, 1.165) is 31.1 Å². The number of likely N-dealkylation sites (tertiary alicyclic amines) is 1. The first-order chi connectivity index (χ1) is 13.9. The molecule has 2 N–H and O–H groups in total. The highest BCUT2D eigenvalue weighted by molar-refractivity contribution is 5.63. The van der Waals surface area contributed by atoms with Crippen molar-refractivity contribution in [1.29, 1.82) is 0 Å². The zero-order chi connectivity index (χ0) is 20.4. The van der Waals surface area contributed by atoms with Gasteiger partial charge in [-0.15, -0.1) is 0 Å². The van der Waals surface area contributed by atoms with E-state index < -0.39 is 17.8 Å². The molecular formula is C24H23F3N2. The van der Waals surface area contributed by atoms with Crippen LogP contribution >= 0.6 is 0 Å². The Labute approximate surface area is 168 Å². The van der Waals surface area contributed by atoms with E-state index in [1.54, 1.807) is 6.07 Å². The molecule has 2 atom stereocenters. The molecule has 0 unspecified atom stereocenters. The normalized spacial score (nSPS) is 18.3. The third-order valence-electron chi connectivity index (χ3n) is 5.64. The average Bonchev–Trinajstić information content (AvgIpc) is 2.72. The van der Waals surface area contributed by atoms with Gasteiger partial charge in [0.15, 0.2) is 0 Å². The lowest BCUT2D eigenvalue weighted by molar-refractivity contribution is -0.137. The molecule has 1 aliphatic rings. The second-order valence-electron chi connectivity index (χ2n) is 7.54. The van der Waals surface area contributed by atoms with Crippen molar-refractivity contribution in [3.8, 4) is 11.1 Å². The molecule has 0 amide bonds. The molecule has 0 bridgehead atoms. The molecule has 0 radical (unpaired) electrons. The highest BCUT2D eigenvalue weighted by Gasteiger charge is 2.35. The summed E-state index contributed by atoms with van der Waals surface area (Å²) in [5, 5.41) is 0. The Morgan fingerprint density at radius 3 is 2.21 bits per heavy atom. The zero-order valence-corrected chi connectivity index (χ0v) is 15.9. The minimum absolute atomic E-state index is 0.0484. The molecule has 0 aliphatic carbocycles. The third-order valence-corrected chi connectivity index (χ3v) is 5.64. The number of nitrogens with two attached hydrogens (primary N) is 1. The number of halogens is 3. The Morgan fingerprint density at radius 1 is 0.897 bits per heavy atom. The molecule has 0 aromatic heterocycles. The molecule has 1 saturated heterocycles. The molecule has 2 nitrogen and oxygen atoms in total. The van der Waals surface area contributed by atoms with Crippen molar-refractivity contribution < 1.29 is 13.2 Å². The molecule has 0 saturated carbocycles. The highest BCUT2D eigenvalue weighted by atomic mass is 19.4. The van der Waals surface area contributed by atoms with Gasteiger partial charge in [-0.1, -0.05) is 66.7 Å². The van der Waals surface area contributed by atoms with E-state index >= 15 is 0 Å². The number of hydrogen-bond acceptors (Lipinski definition) is 2. The largest absolute Gasteiger partial charge is 0.416 e. The second kappa shape index (κ2) is 8.01. The van der Waals surface area contributed by atoms with Gasteiger partial charge < -0.3 is 5.73 Å². The van der Waals surface area contributed by atoms with Crippen LogP contribution in [0.5, 0.6) is 0 Å². The van der Waals surface area contributed by atoms with Crippen molar-refractivity contribution in [1.82, 2.24) is 4.90 Å². The van der Waals surface area contributed by atoms with E-state index in [0.29, 0.717) is 5.56 Å². The fourth-order valence-corrected chi connectivity index (χ4v) is 3.88. The van der Waals surface area contributed by atoms with Gasteiger partial charge in [-0.25, -0.2) is 0 Å². The van der Waals surface area contributed by atoms with Crippen LogP contribution in [0.3, 0.4) is 0 Å². The quantitative estimate of drug-likeness (QED) is 0.604. The van der Waals surface area contributed by atoms with Crippen LogP contribution in [0.2, 0.25) is 0 Å². The van der Waals surface area contributed by atoms with E-state index in [-0.39, 0.29) is 6.04 Å². The van der Waals surface area contributed by atoms with Crippen LogP contribution in [0.15, 0.2) is 78.9 Å². The van der Waals surface area contributed by atoms with Crippen LogP contribution in [-0.4, -0.2) is 17.5 Å². The van der Waals surface area contributed by atoms with E-state index in [1.807, 2.05) is 18.2 Å². The van der Waals surface area contributed by atoms with Crippen LogP contribution in [-0.2, 0) is 12.7 Å². The molecule has 1 fully saturated rings. The van der Waals surface area contributed by atoms with Crippen LogP contribution < -0.4 is 5.73 Å². The molecule has 29 heavy (non-hydrogen) atoms. The molecule has 1 heterocycles. The summed E-state index contributed by atoms with van der Waals surface area (Å²) in [5.41, 5.74) is 9.75. The van der Waals surface area contributed by atoms with E-state index in [9.17, 15) is 13.2 Å². The van der Waals surface area contributed by atoms with E-state index in [4.69, 9.17) is 5.73 Å². The Hall–Kier alpha value is -2.63. The SMILES string of the molecule is N[C@H](c1cccc(C(F)(F)F)c1)[C@@H]1CCN1Cc1ccc(-c2ccccc2)cc1. The molecule has 4 rings (SSSR count). The molecule has 150 valence electrons. The van der Waals surface area contributed by atoms with Crippen LogP contribution in [0.1, 0.15) is 29.2 Å². The van der Waals surface area contributed by atoms with Gasteiger partial charge in [0, 0.05) is 25.2 Å². The van der Waals surface area contributed by atoms with Crippen molar-refractivity contribution in [3.05, 3.63) is 95.6 Å². The van der Waals surface area contributed by atoms with Crippen molar-refractivity contribution in [2.24, 2.45) is 5.73 Å². The second-order valence-corrected chi connectivity index (χ2v) is 7.54. The fourth-order valence-electron chi connectivity index (χ4n) is 3.88. The van der Waals surface area contributed by atoms with Crippen molar-refractivity contribution in [3.63, 3.8) is 0 Å². The Balaban J connectivity index is 1.43. The Bertz CT molecular complexity index is 952. The monoisotopic (exact) mass is 396 g/mol. The number of hydrogen-bond donors (Lipinski definition) is 1. The summed E-state index contributed by atoms with van der Waals surface area (Å²) >= 11 is 0. The highest BCUT2D eigenvalue weighted by Crippen LogP contribution is 2.34. The summed E-state index contributed by atoms with van der Waals surface area (Å²) in [5.74, 6) is 0. The molecule has 1 aliphatic heterocycles. The van der Waals surface area contributed by atoms with Gasteiger partial charge in [-0.3, -0.25) is 4.90 Å². The minimum atomic E-state index is -4.35. The fraction of sp³-hybridized carbons (Fsp3) is 0.250. The summed E-state index contributed by atoms with van der Waals surface area (Å²) < 4.78 is 39.0. The predicted octanol–water partition coefficient (Wildman–Crippen LogP) is 5.65. The maximum Gasteiger partial charge on any atom is 0.416 e. The number of alkyl halides is 3. The van der Waals surface area contributed by atoms with Gasteiger partial charge in [0.25, 0.3) is 0 Å². The van der Waals surface area contributed by atoms with Gasteiger partial charge in [0.05, 0.1) is 5.56 Å². The van der Waals surface area contributed by atoms with Crippen LogP contribution in [0, 0.1) is 0 Å². The first-order valence-corrected chi connectivity index (χ1v) is 9.73. The summed E-state index contributed by atoms with van der Waals surface area (Å²) in [4.78, 5) is 2.24. The zero-order valence-electron chi connectivity index (χ0n) is 15.9. The van der Waals surface area contributed by atoms with Crippen molar-refractivity contribution in [2.45, 2.75) is 31.2 Å². The average molecular weight is 396 g/mol. The number of nitrogens with zero attached hydrogens (tertiary/aromatic N) is 1. The lowest BCUT2D eigenvalue weighted by Crippen LogP contribution is -2.52. The van der Waals surface area contributed by atoms with Crippen LogP contribution in [0.25, 0.3) is 11.1 Å². The van der Waals surface area contributed by atoms with Gasteiger partial charge in [-0.05, 0) is 40.8 Å². The lowest BCUT2D eigenvalue weighted by Gasteiger charge is -2.44. The molecule has 0 spiro atoms. The first kappa shape index (κ1) is 19.7. The van der Waals surface area contributed by atoms with Crippen LogP contribution in [0.4, 0.5) is 13.2 Å². The maximum absolute atomic E-state index is 13.0. The summed E-state index contributed by atoms with van der Waals surface area (Å²) in [6, 6.07) is 23.6. The van der Waals surface area contributed by atoms with Crippen molar-refractivity contribution >= 4 is 0 Å². The lowest BCUT2D eigenvalue weighted by atomic mass is 9.89. The summed E-state index contributed by atoms with van der Waals surface area (Å²) in [6.07, 6.45) is -3.46. The maximum atomic E-state index is 13.0. The van der Waals surface area contributed by atoms with E-state index in [1.165, 1.54) is 23.3 Å². The molecule has 3 aromatic rings. The molecule has 3 aromatic carbocycles. The third kappa shape index (κ3) is 4.36. The molecule has 5 heteroatoms. The van der Waals surface area contributed by atoms with Crippen molar-refractivity contribution in [2.75, 3.05) is 6.54 Å². The van der Waals surface area contributed by atoms with Gasteiger partial charge in [0.2, 0.25) is 0 Å². The topological polar surface area (TPSA) is 29.3 Å². The summed E-state index contributed by atoms with van der Waals surface area (Å²) in [7, 11) is 0. The Kier molecular flexibility index (Phi) is 5.43. The van der Waals surface area contributed by atoms with Gasteiger partial charge in [-0.2, -0.15) is 13.2 Å².